The molecule has 3 heteroatoms. The highest BCUT2D eigenvalue weighted by molar-refractivity contribution is 6.89. The lowest BCUT2D eigenvalue weighted by Gasteiger charge is -2.41. The van der Waals surface area contributed by atoms with E-state index in [-0.39, 0.29) is 17.5 Å². The van der Waals surface area contributed by atoms with Crippen molar-refractivity contribution in [2.24, 2.45) is 5.41 Å². The molecule has 0 amide bonds. The molecule has 1 heterocycles. The highest BCUT2D eigenvalue weighted by Gasteiger charge is 2.41. The summed E-state index contributed by atoms with van der Waals surface area (Å²) < 4.78 is 5.65. The predicted octanol–water partition coefficient (Wildman–Crippen LogP) is 3.33. The maximum absolute atomic E-state index is 11.6. The lowest BCUT2D eigenvalue weighted by Crippen LogP contribution is -2.49. The largest absolute Gasteiger partial charge is 0.462 e. The molecule has 1 aromatic rings. The van der Waals surface area contributed by atoms with Crippen LogP contribution >= 0.6 is 0 Å². The molecule has 0 saturated carbocycles. The first kappa shape index (κ1) is 14.3. The molecule has 0 aliphatic carbocycles. The summed E-state index contributed by atoms with van der Waals surface area (Å²) in [5.41, 5.74) is 0.104. The molecule has 19 heavy (non-hydrogen) atoms. The molecule has 1 saturated heterocycles. The summed E-state index contributed by atoms with van der Waals surface area (Å²) in [6, 6.07) is 11.7. The summed E-state index contributed by atoms with van der Waals surface area (Å²) in [7, 11) is -1.56. The Morgan fingerprint density at radius 2 is 1.89 bits per heavy atom. The molecule has 1 aliphatic heterocycles. The van der Waals surface area contributed by atoms with Gasteiger partial charge in [0, 0.05) is 11.8 Å². The van der Waals surface area contributed by atoms with Gasteiger partial charge >= 0.3 is 5.97 Å². The first-order valence-electron chi connectivity index (χ1n) is 7.06. The summed E-state index contributed by atoms with van der Waals surface area (Å²) in [6.45, 7) is 9.17. The van der Waals surface area contributed by atoms with Crippen LogP contribution in [0.2, 0.25) is 19.1 Å². The molecule has 104 valence electrons. The number of cyclic esters (lactones) is 1. The number of esters is 1. The van der Waals surface area contributed by atoms with Crippen molar-refractivity contribution in [1.82, 2.24) is 0 Å². The van der Waals surface area contributed by atoms with Crippen LogP contribution in [0.4, 0.5) is 0 Å². The number of benzene rings is 1. The fraction of sp³-hybridized carbons (Fsp3) is 0.562. The van der Waals surface area contributed by atoms with Gasteiger partial charge in [0.05, 0.1) is 8.07 Å². The number of carbonyl (C=O) groups is 1. The van der Waals surface area contributed by atoms with Crippen LogP contribution in [0.1, 0.15) is 26.7 Å². The van der Waals surface area contributed by atoms with E-state index in [0.29, 0.717) is 6.42 Å². The van der Waals surface area contributed by atoms with Gasteiger partial charge in [0.1, 0.15) is 6.10 Å². The number of hydrogen-bond donors (Lipinski definition) is 0. The SMILES string of the molecule is CC1(C)CCC(=O)OC1C[Si](C)(C)c1ccccc1. The summed E-state index contributed by atoms with van der Waals surface area (Å²) in [5, 5.41) is 1.44. The van der Waals surface area contributed by atoms with Crippen LogP contribution in [0.25, 0.3) is 0 Å². The minimum Gasteiger partial charge on any atom is -0.462 e. The maximum atomic E-state index is 11.6. The topological polar surface area (TPSA) is 26.3 Å². The van der Waals surface area contributed by atoms with Crippen molar-refractivity contribution >= 4 is 19.2 Å². The van der Waals surface area contributed by atoms with E-state index < -0.39 is 8.07 Å². The highest BCUT2D eigenvalue weighted by Crippen LogP contribution is 2.37. The van der Waals surface area contributed by atoms with Gasteiger partial charge in [-0.3, -0.25) is 4.79 Å². The van der Waals surface area contributed by atoms with E-state index in [9.17, 15) is 4.79 Å². The first-order chi connectivity index (χ1) is 8.81. The molecular weight excluding hydrogens is 252 g/mol. The lowest BCUT2D eigenvalue weighted by molar-refractivity contribution is -0.162. The van der Waals surface area contributed by atoms with Crippen LogP contribution in [0, 0.1) is 5.41 Å². The molecule has 0 bridgehead atoms. The van der Waals surface area contributed by atoms with Gasteiger partial charge in [0.15, 0.2) is 0 Å². The van der Waals surface area contributed by atoms with Crippen LogP contribution < -0.4 is 5.19 Å². The highest BCUT2D eigenvalue weighted by atomic mass is 28.3. The Labute approximate surface area is 117 Å². The summed E-state index contributed by atoms with van der Waals surface area (Å²) in [5.74, 6) is -0.0258. The molecule has 0 aromatic heterocycles. The second kappa shape index (κ2) is 5.12. The van der Waals surface area contributed by atoms with Gasteiger partial charge in [-0.2, -0.15) is 0 Å². The van der Waals surface area contributed by atoms with E-state index in [4.69, 9.17) is 4.74 Å². The quantitative estimate of drug-likeness (QED) is 0.625. The average Bonchev–Trinajstić information content (AvgIpc) is 2.35. The van der Waals surface area contributed by atoms with Crippen molar-refractivity contribution in [1.29, 1.82) is 0 Å². The van der Waals surface area contributed by atoms with Gasteiger partial charge in [-0.1, -0.05) is 62.5 Å². The van der Waals surface area contributed by atoms with Crippen molar-refractivity contribution < 1.29 is 9.53 Å². The van der Waals surface area contributed by atoms with Crippen LogP contribution in [-0.4, -0.2) is 20.1 Å². The molecule has 0 radical (unpaired) electrons. The number of ether oxygens (including phenoxy) is 1. The van der Waals surface area contributed by atoms with E-state index in [1.165, 1.54) is 5.19 Å². The fourth-order valence-corrected chi connectivity index (χ4v) is 5.64. The Bertz CT molecular complexity index is 451. The molecule has 1 fully saturated rings. The Kier molecular flexibility index (Phi) is 3.86. The smallest absolute Gasteiger partial charge is 0.306 e. The van der Waals surface area contributed by atoms with Gasteiger partial charge < -0.3 is 4.74 Å². The molecule has 0 spiro atoms. The molecule has 2 nitrogen and oxygen atoms in total. The average molecular weight is 276 g/mol. The number of carbonyl (C=O) groups excluding carboxylic acids is 1. The van der Waals surface area contributed by atoms with Crippen molar-refractivity contribution in [3.63, 3.8) is 0 Å². The van der Waals surface area contributed by atoms with E-state index >= 15 is 0 Å². The van der Waals surface area contributed by atoms with Gasteiger partial charge in [0.2, 0.25) is 0 Å². The van der Waals surface area contributed by atoms with E-state index in [2.05, 4.69) is 57.3 Å². The maximum Gasteiger partial charge on any atom is 0.306 e. The second-order valence-electron chi connectivity index (χ2n) is 6.92. The Hall–Kier alpha value is -1.09. The summed E-state index contributed by atoms with van der Waals surface area (Å²) in [4.78, 5) is 11.6. The molecular formula is C16H24O2Si. The van der Waals surface area contributed by atoms with Gasteiger partial charge in [-0.05, 0) is 12.5 Å². The van der Waals surface area contributed by atoms with Crippen molar-refractivity contribution in [2.75, 3.05) is 0 Å². The summed E-state index contributed by atoms with van der Waals surface area (Å²) >= 11 is 0. The Morgan fingerprint density at radius 1 is 1.26 bits per heavy atom. The van der Waals surface area contributed by atoms with Crippen molar-refractivity contribution in [3.8, 4) is 0 Å². The molecule has 1 aliphatic rings. The van der Waals surface area contributed by atoms with Gasteiger partial charge in [-0.15, -0.1) is 0 Å². The number of rotatable bonds is 3. The third kappa shape index (κ3) is 3.27. The number of hydrogen-bond acceptors (Lipinski definition) is 2. The lowest BCUT2D eigenvalue weighted by atomic mass is 9.81. The molecule has 1 aromatic carbocycles. The Balaban J connectivity index is 2.17. The van der Waals surface area contributed by atoms with Crippen LogP contribution in [0.15, 0.2) is 30.3 Å². The zero-order valence-corrected chi connectivity index (χ0v) is 13.4. The molecule has 1 unspecified atom stereocenters. The van der Waals surface area contributed by atoms with Crippen LogP contribution in [0.3, 0.4) is 0 Å². The minimum atomic E-state index is -1.56. The monoisotopic (exact) mass is 276 g/mol. The van der Waals surface area contributed by atoms with Gasteiger partial charge in [0.25, 0.3) is 0 Å². The van der Waals surface area contributed by atoms with E-state index in [1.54, 1.807) is 0 Å². The third-order valence-electron chi connectivity index (χ3n) is 4.37. The zero-order valence-electron chi connectivity index (χ0n) is 12.4. The van der Waals surface area contributed by atoms with Crippen molar-refractivity contribution in [2.45, 2.75) is 51.9 Å². The molecule has 2 rings (SSSR count). The normalized spacial score (nSPS) is 22.9. The predicted molar refractivity (Wildman–Crippen MR) is 81.3 cm³/mol. The van der Waals surface area contributed by atoms with Crippen LogP contribution in [-0.2, 0) is 9.53 Å². The third-order valence-corrected chi connectivity index (χ3v) is 7.66. The summed E-state index contributed by atoms with van der Waals surface area (Å²) in [6.07, 6.45) is 1.57. The molecule has 1 atom stereocenters. The Morgan fingerprint density at radius 3 is 2.53 bits per heavy atom. The standard InChI is InChI=1S/C16H24O2Si/c1-16(2)11-10-15(17)18-14(16)12-19(3,4)13-8-6-5-7-9-13/h5-9,14H,10-12H2,1-4H3. The van der Waals surface area contributed by atoms with Gasteiger partial charge in [-0.25, -0.2) is 0 Å². The van der Waals surface area contributed by atoms with E-state index in [1.807, 2.05) is 0 Å². The minimum absolute atomic E-state index is 0.0258. The first-order valence-corrected chi connectivity index (χ1v) is 10.3. The van der Waals surface area contributed by atoms with Crippen LogP contribution in [0.5, 0.6) is 0 Å². The van der Waals surface area contributed by atoms with E-state index in [0.717, 1.165) is 12.5 Å². The molecule has 0 N–H and O–H groups in total. The zero-order chi connectivity index (χ0) is 14.1. The second-order valence-corrected chi connectivity index (χ2v) is 11.7. The van der Waals surface area contributed by atoms with Crippen molar-refractivity contribution in [3.05, 3.63) is 30.3 Å². The fourth-order valence-electron chi connectivity index (χ4n) is 2.75.